The SMILES string of the molecule is NC[C@@H]1CN(CC(=O)NCC(F)(F)F)C[C@H]1c1ccccc1. The van der Waals surface area contributed by atoms with Crippen LogP contribution in [0.2, 0.25) is 0 Å². The van der Waals surface area contributed by atoms with Crippen molar-refractivity contribution in [2.75, 3.05) is 32.7 Å². The molecule has 1 saturated heterocycles. The van der Waals surface area contributed by atoms with Gasteiger partial charge in [-0.05, 0) is 18.0 Å². The van der Waals surface area contributed by atoms with Gasteiger partial charge >= 0.3 is 6.18 Å². The quantitative estimate of drug-likeness (QED) is 0.862. The highest BCUT2D eigenvalue weighted by atomic mass is 19.4. The molecule has 1 heterocycles. The van der Waals surface area contributed by atoms with E-state index in [1.54, 1.807) is 0 Å². The number of nitrogens with one attached hydrogen (secondary N) is 1. The van der Waals surface area contributed by atoms with Crippen LogP contribution in [0.25, 0.3) is 0 Å². The van der Waals surface area contributed by atoms with Crippen LogP contribution in [0, 0.1) is 5.92 Å². The van der Waals surface area contributed by atoms with Crippen LogP contribution in [-0.4, -0.2) is 49.7 Å². The predicted molar refractivity (Wildman–Crippen MR) is 77.2 cm³/mol. The molecule has 0 spiro atoms. The molecule has 1 aliphatic heterocycles. The van der Waals surface area contributed by atoms with Crippen LogP contribution in [0.5, 0.6) is 0 Å². The summed E-state index contributed by atoms with van der Waals surface area (Å²) in [6.07, 6.45) is -4.38. The smallest absolute Gasteiger partial charge is 0.346 e. The fourth-order valence-electron chi connectivity index (χ4n) is 2.86. The molecule has 1 aromatic rings. The van der Waals surface area contributed by atoms with Crippen LogP contribution in [0.4, 0.5) is 13.2 Å². The average molecular weight is 315 g/mol. The molecule has 1 aliphatic rings. The van der Waals surface area contributed by atoms with Crippen LogP contribution >= 0.6 is 0 Å². The summed E-state index contributed by atoms with van der Waals surface area (Å²) in [5, 5.41) is 1.90. The second-order valence-electron chi connectivity index (χ2n) is 5.60. The fourth-order valence-corrected chi connectivity index (χ4v) is 2.86. The maximum Gasteiger partial charge on any atom is 0.405 e. The first-order valence-corrected chi connectivity index (χ1v) is 7.20. The van der Waals surface area contributed by atoms with E-state index >= 15 is 0 Å². The fraction of sp³-hybridized carbons (Fsp3) is 0.533. The molecular formula is C15H20F3N3O. The van der Waals surface area contributed by atoms with E-state index in [0.717, 1.165) is 5.56 Å². The van der Waals surface area contributed by atoms with E-state index in [9.17, 15) is 18.0 Å². The third-order valence-electron chi connectivity index (χ3n) is 3.90. The Morgan fingerprint density at radius 2 is 1.95 bits per heavy atom. The number of halogens is 3. The Morgan fingerprint density at radius 1 is 1.27 bits per heavy atom. The van der Waals surface area contributed by atoms with Crippen molar-refractivity contribution in [1.82, 2.24) is 10.2 Å². The first kappa shape index (κ1) is 16.8. The van der Waals surface area contributed by atoms with Crippen LogP contribution < -0.4 is 11.1 Å². The highest BCUT2D eigenvalue weighted by Gasteiger charge is 2.34. The van der Waals surface area contributed by atoms with Crippen LogP contribution in [0.3, 0.4) is 0 Å². The summed E-state index contributed by atoms with van der Waals surface area (Å²) in [5.74, 6) is -0.193. The van der Waals surface area contributed by atoms with Gasteiger partial charge in [0.25, 0.3) is 0 Å². The molecule has 22 heavy (non-hydrogen) atoms. The lowest BCUT2D eigenvalue weighted by Crippen LogP contribution is -2.40. The number of nitrogens with zero attached hydrogens (tertiary/aromatic N) is 1. The standard InChI is InChI=1S/C15H20F3N3O/c16-15(17,18)10-20-14(22)9-21-7-12(6-19)13(8-21)11-4-2-1-3-5-11/h1-5,12-13H,6-10,19H2,(H,20,22)/t12-,13+/m1/s1. The molecule has 122 valence electrons. The summed E-state index contributed by atoms with van der Waals surface area (Å²) >= 11 is 0. The van der Waals surface area contributed by atoms with Gasteiger partial charge < -0.3 is 11.1 Å². The Kier molecular flexibility index (Phi) is 5.42. The van der Waals surface area contributed by atoms with Crippen molar-refractivity contribution >= 4 is 5.91 Å². The van der Waals surface area contributed by atoms with Gasteiger partial charge in [-0.15, -0.1) is 0 Å². The Morgan fingerprint density at radius 3 is 2.55 bits per heavy atom. The lowest BCUT2D eigenvalue weighted by atomic mass is 9.89. The molecule has 1 fully saturated rings. The molecule has 2 rings (SSSR count). The number of hydrogen-bond donors (Lipinski definition) is 2. The molecule has 3 N–H and O–H groups in total. The Labute approximate surface area is 127 Å². The third kappa shape index (κ3) is 4.71. The summed E-state index contributed by atoms with van der Waals surface area (Å²) in [5.41, 5.74) is 6.94. The lowest BCUT2D eigenvalue weighted by molar-refractivity contribution is -0.138. The second kappa shape index (κ2) is 7.11. The number of hydrogen-bond acceptors (Lipinski definition) is 3. The monoisotopic (exact) mass is 315 g/mol. The summed E-state index contributed by atoms with van der Waals surface area (Å²) in [6, 6.07) is 9.85. The molecule has 0 radical (unpaired) electrons. The van der Waals surface area contributed by atoms with E-state index in [1.807, 2.05) is 40.5 Å². The number of carbonyl (C=O) groups is 1. The minimum Gasteiger partial charge on any atom is -0.346 e. The Balaban J connectivity index is 1.90. The van der Waals surface area contributed by atoms with Crippen molar-refractivity contribution in [1.29, 1.82) is 0 Å². The molecule has 4 nitrogen and oxygen atoms in total. The maximum absolute atomic E-state index is 12.1. The average Bonchev–Trinajstić information content (AvgIpc) is 2.88. The summed E-state index contributed by atoms with van der Waals surface area (Å²) in [7, 11) is 0. The molecule has 1 amide bonds. The molecule has 0 saturated carbocycles. The van der Waals surface area contributed by atoms with Crippen LogP contribution in [0.15, 0.2) is 30.3 Å². The molecule has 2 atom stereocenters. The summed E-state index contributed by atoms with van der Waals surface area (Å²) in [4.78, 5) is 13.5. The van der Waals surface area contributed by atoms with Crippen molar-refractivity contribution in [2.24, 2.45) is 11.7 Å². The number of carbonyl (C=O) groups excluding carboxylic acids is 1. The van der Waals surface area contributed by atoms with Gasteiger partial charge in [0.1, 0.15) is 6.54 Å². The lowest BCUT2D eigenvalue weighted by Gasteiger charge is -2.17. The first-order valence-electron chi connectivity index (χ1n) is 7.20. The van der Waals surface area contributed by atoms with Crippen molar-refractivity contribution in [3.63, 3.8) is 0 Å². The van der Waals surface area contributed by atoms with E-state index in [0.29, 0.717) is 19.6 Å². The molecule has 7 heteroatoms. The zero-order chi connectivity index (χ0) is 16.2. The van der Waals surface area contributed by atoms with Gasteiger partial charge in [-0.3, -0.25) is 9.69 Å². The topological polar surface area (TPSA) is 58.4 Å². The zero-order valence-corrected chi connectivity index (χ0v) is 12.1. The summed E-state index contributed by atoms with van der Waals surface area (Å²) in [6.45, 7) is 0.416. The zero-order valence-electron chi connectivity index (χ0n) is 12.1. The van der Waals surface area contributed by atoms with E-state index in [2.05, 4.69) is 0 Å². The number of alkyl halides is 3. The number of amides is 1. The highest BCUT2D eigenvalue weighted by molar-refractivity contribution is 5.78. The van der Waals surface area contributed by atoms with Crippen molar-refractivity contribution in [2.45, 2.75) is 12.1 Å². The largest absolute Gasteiger partial charge is 0.405 e. The molecule has 0 aromatic heterocycles. The molecule has 0 bridgehead atoms. The number of benzene rings is 1. The normalized spacial score (nSPS) is 22.7. The Bertz CT molecular complexity index is 493. The molecule has 0 unspecified atom stereocenters. The van der Waals surface area contributed by atoms with Gasteiger partial charge in [0.2, 0.25) is 5.91 Å². The first-order chi connectivity index (χ1) is 10.4. The number of likely N-dealkylation sites (tertiary alicyclic amines) is 1. The van der Waals surface area contributed by atoms with Gasteiger partial charge in [0.15, 0.2) is 0 Å². The molecular weight excluding hydrogens is 295 g/mol. The van der Waals surface area contributed by atoms with E-state index in [4.69, 9.17) is 5.73 Å². The van der Waals surface area contributed by atoms with Gasteiger partial charge in [-0.1, -0.05) is 30.3 Å². The molecule has 1 aromatic carbocycles. The third-order valence-corrected chi connectivity index (χ3v) is 3.90. The molecule has 0 aliphatic carbocycles. The van der Waals surface area contributed by atoms with Crippen LogP contribution in [0.1, 0.15) is 11.5 Å². The van der Waals surface area contributed by atoms with Crippen molar-refractivity contribution in [3.8, 4) is 0 Å². The Hall–Kier alpha value is -1.60. The maximum atomic E-state index is 12.1. The summed E-state index contributed by atoms with van der Waals surface area (Å²) < 4.78 is 36.3. The van der Waals surface area contributed by atoms with Crippen molar-refractivity contribution in [3.05, 3.63) is 35.9 Å². The van der Waals surface area contributed by atoms with Crippen molar-refractivity contribution < 1.29 is 18.0 Å². The van der Waals surface area contributed by atoms with E-state index in [-0.39, 0.29) is 18.4 Å². The van der Waals surface area contributed by atoms with Crippen LogP contribution in [-0.2, 0) is 4.79 Å². The van der Waals surface area contributed by atoms with E-state index < -0.39 is 18.6 Å². The van der Waals surface area contributed by atoms with Gasteiger partial charge in [-0.25, -0.2) is 0 Å². The van der Waals surface area contributed by atoms with Gasteiger partial charge in [0.05, 0.1) is 6.54 Å². The number of nitrogens with two attached hydrogens (primary N) is 1. The minimum atomic E-state index is -4.38. The second-order valence-corrected chi connectivity index (χ2v) is 5.60. The minimum absolute atomic E-state index is 0.0318. The van der Waals surface area contributed by atoms with E-state index in [1.165, 1.54) is 0 Å². The highest BCUT2D eigenvalue weighted by Crippen LogP contribution is 2.31. The predicted octanol–water partition coefficient (Wildman–Crippen LogP) is 1.34. The number of rotatable bonds is 5. The van der Waals surface area contributed by atoms with Gasteiger partial charge in [-0.2, -0.15) is 13.2 Å². The van der Waals surface area contributed by atoms with Gasteiger partial charge in [0, 0.05) is 19.0 Å².